The lowest BCUT2D eigenvalue weighted by Crippen LogP contribution is -2.15. The van der Waals surface area contributed by atoms with E-state index in [0.29, 0.717) is 6.04 Å². The van der Waals surface area contributed by atoms with E-state index in [-0.39, 0.29) is 0 Å². The molecule has 1 fully saturated rings. The molecule has 0 amide bonds. The Kier molecular flexibility index (Phi) is 4.10. The van der Waals surface area contributed by atoms with Crippen LogP contribution in [0, 0.1) is 13.8 Å². The van der Waals surface area contributed by atoms with Crippen molar-refractivity contribution in [1.82, 2.24) is 24.9 Å². The van der Waals surface area contributed by atoms with Crippen molar-refractivity contribution in [3.8, 4) is 0 Å². The van der Waals surface area contributed by atoms with E-state index in [4.69, 9.17) is 5.10 Å². The second kappa shape index (κ2) is 6.02. The Balaban J connectivity index is 1.55. The van der Waals surface area contributed by atoms with E-state index in [1.165, 1.54) is 36.9 Å². The highest BCUT2D eigenvalue weighted by Gasteiger charge is 2.17. The number of hydrogen-bond acceptors (Lipinski definition) is 3. The van der Waals surface area contributed by atoms with Crippen molar-refractivity contribution in [3.63, 3.8) is 0 Å². The summed E-state index contributed by atoms with van der Waals surface area (Å²) >= 11 is 0. The maximum atomic E-state index is 4.71. The molecule has 2 aromatic heterocycles. The Morgan fingerprint density at radius 1 is 1.19 bits per heavy atom. The normalized spacial score (nSPS) is 16.0. The standard InChI is InChI=1S/C16H25N5/c1-12-16(13(2)20(3)18-12)11-17-10-14-8-9-21(19-14)15-6-4-5-7-15/h8-9,15,17H,4-7,10-11H2,1-3H3. The highest BCUT2D eigenvalue weighted by molar-refractivity contribution is 5.24. The second-order valence-electron chi connectivity index (χ2n) is 6.10. The van der Waals surface area contributed by atoms with E-state index in [2.05, 4.69) is 41.2 Å². The van der Waals surface area contributed by atoms with Crippen LogP contribution in [0.1, 0.15) is 54.4 Å². The molecule has 2 aromatic rings. The molecule has 2 heterocycles. The van der Waals surface area contributed by atoms with Crippen molar-refractivity contribution in [2.24, 2.45) is 7.05 Å². The molecule has 3 rings (SSSR count). The molecule has 0 saturated heterocycles. The number of hydrogen-bond donors (Lipinski definition) is 1. The van der Waals surface area contributed by atoms with Crippen LogP contribution in [0.25, 0.3) is 0 Å². The molecule has 1 aliphatic rings. The van der Waals surface area contributed by atoms with Crippen molar-refractivity contribution in [1.29, 1.82) is 0 Å². The van der Waals surface area contributed by atoms with Crippen molar-refractivity contribution in [2.75, 3.05) is 0 Å². The summed E-state index contributed by atoms with van der Waals surface area (Å²) in [5.41, 5.74) is 4.77. The predicted molar refractivity (Wildman–Crippen MR) is 83.0 cm³/mol. The van der Waals surface area contributed by atoms with Gasteiger partial charge in [0.25, 0.3) is 0 Å². The zero-order valence-corrected chi connectivity index (χ0v) is 13.3. The minimum atomic E-state index is 0.626. The molecule has 1 N–H and O–H groups in total. The molecule has 0 aromatic carbocycles. The first-order chi connectivity index (χ1) is 10.1. The fourth-order valence-electron chi connectivity index (χ4n) is 3.23. The molecule has 0 bridgehead atoms. The largest absolute Gasteiger partial charge is 0.307 e. The summed E-state index contributed by atoms with van der Waals surface area (Å²) in [4.78, 5) is 0. The summed E-state index contributed by atoms with van der Waals surface area (Å²) < 4.78 is 4.10. The first kappa shape index (κ1) is 14.3. The minimum Gasteiger partial charge on any atom is -0.307 e. The summed E-state index contributed by atoms with van der Waals surface area (Å²) in [5, 5.41) is 12.6. The quantitative estimate of drug-likeness (QED) is 0.919. The fraction of sp³-hybridized carbons (Fsp3) is 0.625. The van der Waals surface area contributed by atoms with Crippen LogP contribution < -0.4 is 5.32 Å². The maximum Gasteiger partial charge on any atom is 0.0762 e. The average Bonchev–Trinajstić information content (AvgIpc) is 3.16. The Labute approximate surface area is 126 Å². The van der Waals surface area contributed by atoms with Gasteiger partial charge in [-0.1, -0.05) is 12.8 Å². The monoisotopic (exact) mass is 287 g/mol. The van der Waals surface area contributed by atoms with E-state index < -0.39 is 0 Å². The fourth-order valence-corrected chi connectivity index (χ4v) is 3.23. The van der Waals surface area contributed by atoms with Crippen LogP contribution in [0.5, 0.6) is 0 Å². The highest BCUT2D eigenvalue weighted by atomic mass is 15.3. The maximum absolute atomic E-state index is 4.71. The Morgan fingerprint density at radius 2 is 1.95 bits per heavy atom. The van der Waals surface area contributed by atoms with E-state index in [0.717, 1.165) is 24.5 Å². The molecule has 1 aliphatic carbocycles. The Morgan fingerprint density at radius 3 is 2.62 bits per heavy atom. The zero-order chi connectivity index (χ0) is 14.8. The predicted octanol–water partition coefficient (Wildman–Crippen LogP) is 2.64. The van der Waals surface area contributed by atoms with Gasteiger partial charge >= 0.3 is 0 Å². The number of aromatic nitrogens is 4. The summed E-state index contributed by atoms with van der Waals surface area (Å²) in [6.07, 6.45) is 7.38. The smallest absolute Gasteiger partial charge is 0.0762 e. The third-order valence-corrected chi connectivity index (χ3v) is 4.63. The molecule has 0 spiro atoms. The van der Waals surface area contributed by atoms with Gasteiger partial charge in [-0.25, -0.2) is 0 Å². The summed E-state index contributed by atoms with van der Waals surface area (Å²) in [6.45, 7) is 5.85. The molecular formula is C16H25N5. The van der Waals surface area contributed by atoms with Crippen molar-refractivity contribution >= 4 is 0 Å². The molecular weight excluding hydrogens is 262 g/mol. The second-order valence-corrected chi connectivity index (χ2v) is 6.10. The molecule has 114 valence electrons. The van der Waals surface area contributed by atoms with E-state index in [9.17, 15) is 0 Å². The van der Waals surface area contributed by atoms with E-state index in [1.807, 2.05) is 11.7 Å². The molecule has 0 unspecified atom stereocenters. The SMILES string of the molecule is Cc1nn(C)c(C)c1CNCc1ccn(C2CCCC2)n1. The van der Waals surface area contributed by atoms with E-state index in [1.54, 1.807) is 0 Å². The van der Waals surface area contributed by atoms with Gasteiger partial charge in [-0.15, -0.1) is 0 Å². The van der Waals surface area contributed by atoms with Gasteiger partial charge < -0.3 is 5.32 Å². The van der Waals surface area contributed by atoms with Gasteiger partial charge in [0, 0.05) is 37.6 Å². The van der Waals surface area contributed by atoms with Gasteiger partial charge in [0.15, 0.2) is 0 Å². The third-order valence-electron chi connectivity index (χ3n) is 4.63. The molecule has 1 saturated carbocycles. The van der Waals surface area contributed by atoms with Gasteiger partial charge in [0.1, 0.15) is 0 Å². The zero-order valence-electron chi connectivity index (χ0n) is 13.3. The van der Waals surface area contributed by atoms with Crippen LogP contribution >= 0.6 is 0 Å². The lowest BCUT2D eigenvalue weighted by atomic mass is 10.2. The number of aryl methyl sites for hydroxylation is 2. The van der Waals surface area contributed by atoms with E-state index >= 15 is 0 Å². The average molecular weight is 287 g/mol. The minimum absolute atomic E-state index is 0.626. The molecule has 5 heteroatoms. The van der Waals surface area contributed by atoms with Crippen molar-refractivity contribution < 1.29 is 0 Å². The molecule has 0 atom stereocenters. The van der Waals surface area contributed by atoms with Crippen molar-refractivity contribution in [3.05, 3.63) is 34.9 Å². The van der Waals surface area contributed by atoms with Crippen molar-refractivity contribution in [2.45, 2.75) is 58.7 Å². The summed E-state index contributed by atoms with van der Waals surface area (Å²) in [6, 6.07) is 2.76. The van der Waals surface area contributed by atoms with Gasteiger partial charge in [0.2, 0.25) is 0 Å². The Bertz CT molecular complexity index is 604. The highest BCUT2D eigenvalue weighted by Crippen LogP contribution is 2.28. The molecule has 0 radical (unpaired) electrons. The van der Waals surface area contributed by atoms with Crippen LogP contribution in [0.3, 0.4) is 0 Å². The first-order valence-electron chi connectivity index (χ1n) is 7.89. The van der Waals surface area contributed by atoms with Crippen LogP contribution in [0.15, 0.2) is 12.3 Å². The topological polar surface area (TPSA) is 47.7 Å². The van der Waals surface area contributed by atoms with Gasteiger partial charge in [-0.05, 0) is 32.8 Å². The molecule has 5 nitrogen and oxygen atoms in total. The lowest BCUT2D eigenvalue weighted by molar-refractivity contribution is 0.460. The number of nitrogens with one attached hydrogen (secondary N) is 1. The third kappa shape index (κ3) is 3.02. The number of nitrogens with zero attached hydrogens (tertiary/aromatic N) is 4. The molecule has 0 aliphatic heterocycles. The summed E-state index contributed by atoms with van der Waals surface area (Å²) in [7, 11) is 2.00. The van der Waals surface area contributed by atoms with Crippen LogP contribution in [0.2, 0.25) is 0 Å². The first-order valence-corrected chi connectivity index (χ1v) is 7.89. The van der Waals surface area contributed by atoms with Crippen LogP contribution in [0.4, 0.5) is 0 Å². The van der Waals surface area contributed by atoms with Crippen LogP contribution in [-0.4, -0.2) is 19.6 Å². The summed E-state index contributed by atoms with van der Waals surface area (Å²) in [5.74, 6) is 0. The molecule has 21 heavy (non-hydrogen) atoms. The van der Waals surface area contributed by atoms with Gasteiger partial charge in [0.05, 0.1) is 17.4 Å². The Hall–Kier alpha value is -1.62. The lowest BCUT2D eigenvalue weighted by Gasteiger charge is -2.09. The van der Waals surface area contributed by atoms with Gasteiger partial charge in [-0.2, -0.15) is 10.2 Å². The van der Waals surface area contributed by atoms with Gasteiger partial charge in [-0.3, -0.25) is 9.36 Å². The van der Waals surface area contributed by atoms with Crippen LogP contribution in [-0.2, 0) is 20.1 Å². The number of rotatable bonds is 5.